The zero-order valence-electron chi connectivity index (χ0n) is 10.1. The van der Waals surface area contributed by atoms with Gasteiger partial charge in [-0.3, -0.25) is 0 Å². The van der Waals surface area contributed by atoms with Crippen molar-refractivity contribution in [2.45, 2.75) is 53.0 Å². The maximum absolute atomic E-state index is 3.24. The van der Waals surface area contributed by atoms with E-state index in [2.05, 4.69) is 51.2 Å². The van der Waals surface area contributed by atoms with Crippen molar-refractivity contribution in [3.8, 4) is 0 Å². The first-order valence-corrected chi connectivity index (χ1v) is 5.80. The lowest BCUT2D eigenvalue weighted by Gasteiger charge is -2.06. The molecule has 1 N–H and O–H groups in total. The Morgan fingerprint density at radius 2 is 1.86 bits per heavy atom. The summed E-state index contributed by atoms with van der Waals surface area (Å²) in [7, 11) is 0. The second-order valence-corrected chi connectivity index (χ2v) is 4.02. The summed E-state index contributed by atoms with van der Waals surface area (Å²) in [6, 6.07) is 0.525. The summed E-state index contributed by atoms with van der Waals surface area (Å²) in [5.41, 5.74) is 0. The minimum Gasteiger partial charge on any atom is -0.389 e. The van der Waals surface area contributed by atoms with Gasteiger partial charge in [0.15, 0.2) is 0 Å². The van der Waals surface area contributed by atoms with E-state index in [1.807, 2.05) is 6.20 Å². The number of nitrogens with one attached hydrogen (secondary N) is 1. The fraction of sp³-hybridized carbons (Fsp3) is 0.692. The third kappa shape index (κ3) is 7.90. The van der Waals surface area contributed by atoms with Gasteiger partial charge in [0.2, 0.25) is 0 Å². The first kappa shape index (κ1) is 13.3. The van der Waals surface area contributed by atoms with E-state index in [-0.39, 0.29) is 0 Å². The summed E-state index contributed by atoms with van der Waals surface area (Å²) in [4.78, 5) is 0. The van der Waals surface area contributed by atoms with Crippen molar-refractivity contribution >= 4 is 0 Å². The first-order chi connectivity index (χ1) is 6.70. The molecule has 0 aromatic heterocycles. The number of hydrogen-bond acceptors (Lipinski definition) is 1. The summed E-state index contributed by atoms with van der Waals surface area (Å²) in [5.74, 6) is 0.753. The number of hydrogen-bond donors (Lipinski definition) is 1. The Bertz CT molecular complexity index is 168. The third-order valence-corrected chi connectivity index (χ3v) is 2.20. The topological polar surface area (TPSA) is 12.0 Å². The summed E-state index contributed by atoms with van der Waals surface area (Å²) in [6.45, 7) is 8.77. The van der Waals surface area contributed by atoms with Crippen LogP contribution in [0.5, 0.6) is 0 Å². The molecule has 1 atom stereocenters. The summed E-state index contributed by atoms with van der Waals surface area (Å²) in [5, 5.41) is 3.24. The van der Waals surface area contributed by atoms with Crippen molar-refractivity contribution in [3.63, 3.8) is 0 Å². The van der Waals surface area contributed by atoms with E-state index in [4.69, 9.17) is 0 Å². The molecule has 1 unspecified atom stereocenters. The summed E-state index contributed by atoms with van der Waals surface area (Å²) >= 11 is 0. The van der Waals surface area contributed by atoms with Crippen LogP contribution in [0, 0.1) is 5.92 Å². The van der Waals surface area contributed by atoms with Crippen LogP contribution < -0.4 is 5.32 Å². The lowest BCUT2D eigenvalue weighted by molar-refractivity contribution is 0.563. The zero-order valence-corrected chi connectivity index (χ0v) is 10.1. The van der Waals surface area contributed by atoms with Crippen molar-refractivity contribution < 1.29 is 0 Å². The molecule has 0 saturated carbocycles. The maximum Gasteiger partial charge on any atom is 0.0199 e. The molecule has 0 heterocycles. The Kier molecular flexibility index (Phi) is 8.40. The van der Waals surface area contributed by atoms with Crippen LogP contribution >= 0.6 is 0 Å². The SMILES string of the molecule is CCCC(/C=C\C=C/NC(C)C)CC. The highest BCUT2D eigenvalue weighted by atomic mass is 14.9. The van der Waals surface area contributed by atoms with Gasteiger partial charge >= 0.3 is 0 Å². The summed E-state index contributed by atoms with van der Waals surface area (Å²) in [6.07, 6.45) is 12.4. The highest BCUT2D eigenvalue weighted by Gasteiger charge is 1.97. The van der Waals surface area contributed by atoms with Crippen LogP contribution in [-0.4, -0.2) is 6.04 Å². The van der Waals surface area contributed by atoms with Crippen molar-refractivity contribution in [1.82, 2.24) is 5.32 Å². The van der Waals surface area contributed by atoms with Crippen LogP contribution in [0.3, 0.4) is 0 Å². The molecule has 0 aliphatic carbocycles. The fourth-order valence-corrected chi connectivity index (χ4v) is 1.33. The molecule has 0 aliphatic rings. The standard InChI is InChI=1S/C13H25N/c1-5-9-13(6-2)10-7-8-11-14-12(3)4/h7-8,10-14H,5-6,9H2,1-4H3/b10-7-,11-8-. The molecule has 0 rings (SSSR count). The van der Waals surface area contributed by atoms with Gasteiger partial charge in [-0.1, -0.05) is 32.4 Å². The van der Waals surface area contributed by atoms with Gasteiger partial charge < -0.3 is 5.32 Å². The predicted molar refractivity (Wildman–Crippen MR) is 65.2 cm³/mol. The number of rotatable bonds is 7. The second kappa shape index (κ2) is 8.86. The molecule has 0 saturated heterocycles. The van der Waals surface area contributed by atoms with Crippen LogP contribution in [0.25, 0.3) is 0 Å². The Balaban J connectivity index is 3.72. The molecule has 0 bridgehead atoms. The van der Waals surface area contributed by atoms with Gasteiger partial charge in [0.05, 0.1) is 0 Å². The largest absolute Gasteiger partial charge is 0.389 e. The van der Waals surface area contributed by atoms with Crippen molar-refractivity contribution in [3.05, 3.63) is 24.4 Å². The second-order valence-electron chi connectivity index (χ2n) is 4.02. The molecule has 0 radical (unpaired) electrons. The normalized spacial score (nSPS) is 14.4. The van der Waals surface area contributed by atoms with Crippen molar-refractivity contribution in [2.24, 2.45) is 5.92 Å². The molecule has 0 aromatic rings. The van der Waals surface area contributed by atoms with Crippen LogP contribution in [0.4, 0.5) is 0 Å². The van der Waals surface area contributed by atoms with Gasteiger partial charge in [-0.2, -0.15) is 0 Å². The number of allylic oxidation sites excluding steroid dienone is 3. The van der Waals surface area contributed by atoms with E-state index in [0.717, 1.165) is 5.92 Å². The molecular weight excluding hydrogens is 170 g/mol. The zero-order chi connectivity index (χ0) is 10.8. The highest BCUT2D eigenvalue weighted by Crippen LogP contribution is 2.11. The van der Waals surface area contributed by atoms with E-state index in [9.17, 15) is 0 Å². The smallest absolute Gasteiger partial charge is 0.0199 e. The lowest BCUT2D eigenvalue weighted by atomic mass is 10.0. The van der Waals surface area contributed by atoms with E-state index >= 15 is 0 Å². The first-order valence-electron chi connectivity index (χ1n) is 5.80. The molecule has 0 amide bonds. The minimum absolute atomic E-state index is 0.525. The van der Waals surface area contributed by atoms with E-state index < -0.39 is 0 Å². The van der Waals surface area contributed by atoms with Gasteiger partial charge in [-0.15, -0.1) is 0 Å². The van der Waals surface area contributed by atoms with Gasteiger partial charge in [0.1, 0.15) is 0 Å². The van der Waals surface area contributed by atoms with Gasteiger partial charge in [-0.05, 0) is 44.9 Å². The van der Waals surface area contributed by atoms with Crippen LogP contribution in [-0.2, 0) is 0 Å². The van der Waals surface area contributed by atoms with E-state index in [1.165, 1.54) is 19.3 Å². The molecule has 14 heavy (non-hydrogen) atoms. The van der Waals surface area contributed by atoms with Crippen molar-refractivity contribution in [1.29, 1.82) is 0 Å². The highest BCUT2D eigenvalue weighted by molar-refractivity contribution is 5.03. The molecule has 0 spiro atoms. The molecule has 0 aromatic carbocycles. The van der Waals surface area contributed by atoms with Gasteiger partial charge in [0.25, 0.3) is 0 Å². The Hall–Kier alpha value is -0.720. The fourth-order valence-electron chi connectivity index (χ4n) is 1.33. The Morgan fingerprint density at radius 1 is 1.14 bits per heavy atom. The third-order valence-electron chi connectivity index (χ3n) is 2.20. The Labute approximate surface area is 89.3 Å². The monoisotopic (exact) mass is 195 g/mol. The van der Waals surface area contributed by atoms with Gasteiger partial charge in [0, 0.05) is 6.04 Å². The van der Waals surface area contributed by atoms with Crippen LogP contribution in [0.2, 0.25) is 0 Å². The van der Waals surface area contributed by atoms with Crippen molar-refractivity contribution in [2.75, 3.05) is 0 Å². The molecule has 1 heteroatoms. The average molecular weight is 195 g/mol. The van der Waals surface area contributed by atoms with Crippen LogP contribution in [0.15, 0.2) is 24.4 Å². The Morgan fingerprint density at radius 3 is 2.36 bits per heavy atom. The van der Waals surface area contributed by atoms with Gasteiger partial charge in [-0.25, -0.2) is 0 Å². The molecule has 0 fully saturated rings. The lowest BCUT2D eigenvalue weighted by Crippen LogP contribution is -2.14. The molecule has 0 aliphatic heterocycles. The quantitative estimate of drug-likeness (QED) is 0.608. The summed E-state index contributed by atoms with van der Waals surface area (Å²) < 4.78 is 0. The van der Waals surface area contributed by atoms with Crippen LogP contribution in [0.1, 0.15) is 47.0 Å². The minimum atomic E-state index is 0.525. The predicted octanol–water partition coefficient (Wildman–Crippen LogP) is 3.88. The molecule has 82 valence electrons. The maximum atomic E-state index is 3.24. The average Bonchev–Trinajstić information content (AvgIpc) is 2.15. The van der Waals surface area contributed by atoms with E-state index in [1.54, 1.807) is 0 Å². The molecular formula is C13H25N. The van der Waals surface area contributed by atoms with E-state index in [0.29, 0.717) is 6.04 Å². The molecule has 1 nitrogen and oxygen atoms in total.